The molecule has 29 heavy (non-hydrogen) atoms. The van der Waals surface area contributed by atoms with E-state index in [0.29, 0.717) is 12.1 Å². The highest BCUT2D eigenvalue weighted by Gasteiger charge is 2.18. The first-order chi connectivity index (χ1) is 14.0. The normalized spacial score (nSPS) is 10.9. The standard InChI is InChI=1S/C22H22N6O/c1-16-20(17(2)28(25-16)19-7-5-4-6-8-19)14-26(3)22(29)18-9-10-21(24-13-18)27-12-11-23-15-27/h4-13,15H,14H2,1-3H3. The van der Waals surface area contributed by atoms with Crippen LogP contribution in [-0.2, 0) is 6.54 Å². The number of carbonyl (C=O) groups excluding carboxylic acids is 1. The quantitative estimate of drug-likeness (QED) is 0.528. The summed E-state index contributed by atoms with van der Waals surface area (Å²) in [4.78, 5) is 23.0. The van der Waals surface area contributed by atoms with Crippen molar-refractivity contribution in [2.24, 2.45) is 0 Å². The monoisotopic (exact) mass is 386 g/mol. The van der Waals surface area contributed by atoms with Crippen molar-refractivity contribution >= 4 is 5.91 Å². The van der Waals surface area contributed by atoms with Crippen molar-refractivity contribution < 1.29 is 4.79 Å². The van der Waals surface area contributed by atoms with Gasteiger partial charge in [-0.1, -0.05) is 18.2 Å². The van der Waals surface area contributed by atoms with Crippen LogP contribution in [0.25, 0.3) is 11.5 Å². The third-order valence-electron chi connectivity index (χ3n) is 4.95. The van der Waals surface area contributed by atoms with Gasteiger partial charge in [0.1, 0.15) is 12.1 Å². The van der Waals surface area contributed by atoms with Crippen LogP contribution < -0.4 is 0 Å². The van der Waals surface area contributed by atoms with Crippen LogP contribution in [0.2, 0.25) is 0 Å². The molecule has 0 aliphatic rings. The average molecular weight is 386 g/mol. The first kappa shape index (κ1) is 18.6. The maximum Gasteiger partial charge on any atom is 0.255 e. The molecule has 4 aromatic rings. The number of carbonyl (C=O) groups is 1. The van der Waals surface area contributed by atoms with E-state index in [0.717, 1.165) is 28.5 Å². The fourth-order valence-electron chi connectivity index (χ4n) is 3.31. The number of imidazole rings is 1. The maximum atomic E-state index is 12.9. The molecule has 0 aliphatic heterocycles. The van der Waals surface area contributed by atoms with E-state index >= 15 is 0 Å². The molecule has 0 atom stereocenters. The molecular formula is C22H22N6O. The molecule has 0 bridgehead atoms. The van der Waals surface area contributed by atoms with E-state index in [2.05, 4.69) is 15.1 Å². The van der Waals surface area contributed by atoms with Gasteiger partial charge in [-0.3, -0.25) is 9.36 Å². The van der Waals surface area contributed by atoms with Gasteiger partial charge in [-0.05, 0) is 38.1 Å². The summed E-state index contributed by atoms with van der Waals surface area (Å²) in [7, 11) is 1.80. The van der Waals surface area contributed by atoms with Crippen molar-refractivity contribution in [2.75, 3.05) is 7.05 Å². The van der Waals surface area contributed by atoms with Crippen molar-refractivity contribution in [1.29, 1.82) is 0 Å². The lowest BCUT2D eigenvalue weighted by molar-refractivity contribution is 0.0784. The second-order valence-electron chi connectivity index (χ2n) is 6.93. The molecule has 0 saturated heterocycles. The number of nitrogens with zero attached hydrogens (tertiary/aromatic N) is 6. The first-order valence-electron chi connectivity index (χ1n) is 9.35. The van der Waals surface area contributed by atoms with Gasteiger partial charge in [0.15, 0.2) is 0 Å². The zero-order chi connectivity index (χ0) is 20.4. The predicted molar refractivity (Wildman–Crippen MR) is 110 cm³/mol. The van der Waals surface area contributed by atoms with Crippen LogP contribution in [0.5, 0.6) is 0 Å². The summed E-state index contributed by atoms with van der Waals surface area (Å²) in [6, 6.07) is 13.6. The second kappa shape index (κ2) is 7.71. The summed E-state index contributed by atoms with van der Waals surface area (Å²) in [5.41, 5.74) is 4.55. The highest BCUT2D eigenvalue weighted by molar-refractivity contribution is 5.93. The number of aryl methyl sites for hydroxylation is 1. The van der Waals surface area contributed by atoms with Gasteiger partial charge in [0.25, 0.3) is 5.91 Å². The Morgan fingerprint density at radius 2 is 1.90 bits per heavy atom. The van der Waals surface area contributed by atoms with E-state index in [1.807, 2.05) is 61.1 Å². The number of benzene rings is 1. The van der Waals surface area contributed by atoms with Gasteiger partial charge in [-0.2, -0.15) is 5.10 Å². The van der Waals surface area contributed by atoms with Crippen LogP contribution >= 0.6 is 0 Å². The molecular weight excluding hydrogens is 364 g/mol. The number of hydrogen-bond acceptors (Lipinski definition) is 4. The zero-order valence-electron chi connectivity index (χ0n) is 16.6. The van der Waals surface area contributed by atoms with Crippen LogP contribution in [-0.4, -0.2) is 42.2 Å². The summed E-state index contributed by atoms with van der Waals surface area (Å²) >= 11 is 0. The number of pyridine rings is 1. The molecule has 1 amide bonds. The van der Waals surface area contributed by atoms with Crippen molar-refractivity contribution in [3.8, 4) is 11.5 Å². The Morgan fingerprint density at radius 3 is 2.55 bits per heavy atom. The van der Waals surface area contributed by atoms with Gasteiger partial charge in [0.2, 0.25) is 0 Å². The molecule has 0 N–H and O–H groups in total. The molecule has 0 fully saturated rings. The third kappa shape index (κ3) is 3.67. The number of para-hydroxylation sites is 1. The summed E-state index contributed by atoms with van der Waals surface area (Å²) in [5, 5.41) is 4.66. The average Bonchev–Trinajstić information content (AvgIpc) is 3.38. The zero-order valence-corrected chi connectivity index (χ0v) is 16.6. The number of hydrogen-bond donors (Lipinski definition) is 0. The highest BCUT2D eigenvalue weighted by atomic mass is 16.2. The van der Waals surface area contributed by atoms with Gasteiger partial charge >= 0.3 is 0 Å². The predicted octanol–water partition coefficient (Wildman–Crippen LogP) is 3.34. The third-order valence-corrected chi connectivity index (χ3v) is 4.95. The van der Waals surface area contributed by atoms with Gasteiger partial charge in [0.05, 0.1) is 16.9 Å². The van der Waals surface area contributed by atoms with Crippen LogP contribution in [0.15, 0.2) is 67.4 Å². The minimum absolute atomic E-state index is 0.0825. The van der Waals surface area contributed by atoms with E-state index in [9.17, 15) is 4.79 Å². The van der Waals surface area contributed by atoms with Crippen molar-refractivity contribution in [3.63, 3.8) is 0 Å². The van der Waals surface area contributed by atoms with E-state index in [-0.39, 0.29) is 5.91 Å². The Morgan fingerprint density at radius 1 is 1.10 bits per heavy atom. The van der Waals surface area contributed by atoms with Crippen LogP contribution in [0.4, 0.5) is 0 Å². The van der Waals surface area contributed by atoms with Crippen LogP contribution in [0.3, 0.4) is 0 Å². The number of aromatic nitrogens is 5. The topological polar surface area (TPSA) is 68.8 Å². The highest BCUT2D eigenvalue weighted by Crippen LogP contribution is 2.20. The molecule has 3 aromatic heterocycles. The van der Waals surface area contributed by atoms with Crippen LogP contribution in [0.1, 0.15) is 27.3 Å². The Hall–Kier alpha value is -3.74. The number of amides is 1. The van der Waals surface area contributed by atoms with E-state index in [1.165, 1.54) is 0 Å². The molecule has 0 aliphatic carbocycles. The lowest BCUT2D eigenvalue weighted by Gasteiger charge is -2.18. The second-order valence-corrected chi connectivity index (χ2v) is 6.93. The minimum Gasteiger partial charge on any atom is -0.337 e. The Balaban J connectivity index is 1.53. The molecule has 3 heterocycles. The lowest BCUT2D eigenvalue weighted by Crippen LogP contribution is -2.27. The van der Waals surface area contributed by atoms with Gasteiger partial charge < -0.3 is 4.90 Å². The largest absolute Gasteiger partial charge is 0.337 e. The van der Waals surface area contributed by atoms with Crippen molar-refractivity contribution in [2.45, 2.75) is 20.4 Å². The molecule has 0 unspecified atom stereocenters. The molecule has 0 radical (unpaired) electrons. The maximum absolute atomic E-state index is 12.9. The fourth-order valence-corrected chi connectivity index (χ4v) is 3.31. The molecule has 0 spiro atoms. The summed E-state index contributed by atoms with van der Waals surface area (Å²) in [5.74, 6) is 0.637. The molecule has 7 heteroatoms. The molecule has 4 rings (SSSR count). The Bertz CT molecular complexity index is 1110. The van der Waals surface area contributed by atoms with E-state index in [1.54, 1.807) is 41.3 Å². The van der Waals surface area contributed by atoms with E-state index < -0.39 is 0 Å². The van der Waals surface area contributed by atoms with E-state index in [4.69, 9.17) is 0 Å². The minimum atomic E-state index is -0.0825. The molecule has 1 aromatic carbocycles. The van der Waals surface area contributed by atoms with Gasteiger partial charge in [0, 0.05) is 43.4 Å². The summed E-state index contributed by atoms with van der Waals surface area (Å²) in [6.07, 6.45) is 6.77. The molecule has 0 saturated carbocycles. The number of rotatable bonds is 5. The van der Waals surface area contributed by atoms with Crippen LogP contribution in [0, 0.1) is 13.8 Å². The Kier molecular flexibility index (Phi) is 4.95. The summed E-state index contributed by atoms with van der Waals surface area (Å²) in [6.45, 7) is 4.48. The molecule has 146 valence electrons. The van der Waals surface area contributed by atoms with Gasteiger partial charge in [-0.15, -0.1) is 0 Å². The smallest absolute Gasteiger partial charge is 0.255 e. The first-order valence-corrected chi connectivity index (χ1v) is 9.35. The summed E-state index contributed by atoms with van der Waals surface area (Å²) < 4.78 is 3.72. The fraction of sp³-hybridized carbons (Fsp3) is 0.182. The van der Waals surface area contributed by atoms with Gasteiger partial charge in [-0.25, -0.2) is 14.6 Å². The SMILES string of the molecule is Cc1nn(-c2ccccc2)c(C)c1CN(C)C(=O)c1ccc(-n2ccnc2)nc1. The lowest BCUT2D eigenvalue weighted by atomic mass is 10.1. The Labute approximate surface area is 169 Å². The van der Waals surface area contributed by atoms with Crippen molar-refractivity contribution in [1.82, 2.24) is 29.2 Å². The van der Waals surface area contributed by atoms with Crippen molar-refractivity contribution in [3.05, 3.63) is 89.9 Å². The molecule has 7 nitrogen and oxygen atoms in total.